The first-order valence-electron chi connectivity index (χ1n) is 6.27. The Bertz CT molecular complexity index is 705. The molecule has 1 heterocycles. The van der Waals surface area contributed by atoms with Crippen LogP contribution in [0.15, 0.2) is 42.7 Å². The molecule has 0 unspecified atom stereocenters. The Morgan fingerprint density at radius 1 is 1.33 bits per heavy atom. The van der Waals surface area contributed by atoms with Crippen molar-refractivity contribution >= 4 is 5.91 Å². The van der Waals surface area contributed by atoms with E-state index in [-0.39, 0.29) is 24.9 Å². The van der Waals surface area contributed by atoms with Crippen molar-refractivity contribution in [2.75, 3.05) is 6.61 Å². The number of halogens is 1. The molecule has 0 aliphatic heterocycles. The van der Waals surface area contributed by atoms with Crippen LogP contribution in [0.5, 0.6) is 0 Å². The van der Waals surface area contributed by atoms with Gasteiger partial charge in [0.15, 0.2) is 0 Å². The lowest BCUT2D eigenvalue weighted by Crippen LogP contribution is -2.24. The van der Waals surface area contributed by atoms with Crippen LogP contribution in [0.2, 0.25) is 0 Å². The summed E-state index contributed by atoms with van der Waals surface area (Å²) in [5.41, 5.74) is 1.16. The molecule has 0 spiro atoms. The van der Waals surface area contributed by atoms with Crippen molar-refractivity contribution in [2.24, 2.45) is 0 Å². The summed E-state index contributed by atoms with van der Waals surface area (Å²) < 4.78 is 13.5. The van der Waals surface area contributed by atoms with Crippen LogP contribution in [0, 0.1) is 17.7 Å². The van der Waals surface area contributed by atoms with Gasteiger partial charge in [0.25, 0.3) is 5.91 Å². The molecule has 0 bridgehead atoms. The normalized spacial score (nSPS) is 9.62. The van der Waals surface area contributed by atoms with Crippen LogP contribution in [-0.4, -0.2) is 22.6 Å². The molecule has 0 aliphatic carbocycles. The fourth-order valence-electron chi connectivity index (χ4n) is 1.74. The molecule has 0 saturated heterocycles. The first-order valence-corrected chi connectivity index (χ1v) is 6.27. The molecule has 0 saturated carbocycles. The molecule has 2 rings (SSSR count). The smallest absolute Gasteiger partial charge is 0.252 e. The maximum atomic E-state index is 13.5. The number of aliphatic hydroxyl groups excluding tert-OH is 1. The summed E-state index contributed by atoms with van der Waals surface area (Å²) in [6, 6.07) is 7.76. The van der Waals surface area contributed by atoms with Gasteiger partial charge in [0.2, 0.25) is 0 Å². The molecule has 21 heavy (non-hydrogen) atoms. The molecule has 2 aromatic rings. The zero-order chi connectivity index (χ0) is 15.1. The second-order valence-electron chi connectivity index (χ2n) is 4.16. The minimum atomic E-state index is -0.372. The molecule has 106 valence electrons. The number of benzene rings is 1. The van der Waals surface area contributed by atoms with Crippen LogP contribution in [0.4, 0.5) is 4.39 Å². The highest BCUT2D eigenvalue weighted by Gasteiger charge is 2.10. The number of hydrogen-bond acceptors (Lipinski definition) is 3. The fourth-order valence-corrected chi connectivity index (χ4v) is 1.74. The van der Waals surface area contributed by atoms with E-state index in [1.165, 1.54) is 24.5 Å². The predicted molar refractivity (Wildman–Crippen MR) is 75.8 cm³/mol. The van der Waals surface area contributed by atoms with E-state index in [9.17, 15) is 9.18 Å². The number of pyridine rings is 1. The van der Waals surface area contributed by atoms with Gasteiger partial charge in [-0.1, -0.05) is 30.0 Å². The van der Waals surface area contributed by atoms with Crippen molar-refractivity contribution in [3.05, 3.63) is 65.2 Å². The SMILES string of the molecule is O=C(NCc1ccccc1F)c1ccncc1C#CCO. The van der Waals surface area contributed by atoms with Gasteiger partial charge in [0, 0.05) is 24.5 Å². The van der Waals surface area contributed by atoms with Gasteiger partial charge >= 0.3 is 0 Å². The molecular weight excluding hydrogens is 271 g/mol. The van der Waals surface area contributed by atoms with Gasteiger partial charge in [0.05, 0.1) is 11.1 Å². The van der Waals surface area contributed by atoms with Crippen molar-refractivity contribution in [1.82, 2.24) is 10.3 Å². The van der Waals surface area contributed by atoms with Gasteiger partial charge in [-0.2, -0.15) is 0 Å². The Labute approximate surface area is 121 Å². The quantitative estimate of drug-likeness (QED) is 0.840. The van der Waals surface area contributed by atoms with Crippen LogP contribution in [-0.2, 0) is 6.54 Å². The van der Waals surface area contributed by atoms with Crippen molar-refractivity contribution in [2.45, 2.75) is 6.54 Å². The number of aromatic nitrogens is 1. The van der Waals surface area contributed by atoms with E-state index in [1.54, 1.807) is 18.2 Å². The molecule has 1 aromatic heterocycles. The molecule has 0 atom stereocenters. The third-order valence-corrected chi connectivity index (χ3v) is 2.77. The lowest BCUT2D eigenvalue weighted by atomic mass is 10.1. The third kappa shape index (κ3) is 3.88. The van der Waals surface area contributed by atoms with E-state index in [0.29, 0.717) is 16.7 Å². The van der Waals surface area contributed by atoms with Gasteiger partial charge < -0.3 is 10.4 Å². The minimum Gasteiger partial charge on any atom is -0.384 e. The molecule has 0 radical (unpaired) electrons. The van der Waals surface area contributed by atoms with E-state index in [1.807, 2.05) is 0 Å². The largest absolute Gasteiger partial charge is 0.384 e. The number of hydrogen-bond donors (Lipinski definition) is 2. The first kappa shape index (κ1) is 14.7. The molecule has 1 amide bonds. The molecule has 5 heteroatoms. The van der Waals surface area contributed by atoms with Crippen LogP contribution >= 0.6 is 0 Å². The van der Waals surface area contributed by atoms with Crippen LogP contribution in [0.1, 0.15) is 21.5 Å². The maximum absolute atomic E-state index is 13.5. The third-order valence-electron chi connectivity index (χ3n) is 2.77. The van der Waals surface area contributed by atoms with Crippen molar-refractivity contribution in [1.29, 1.82) is 0 Å². The topological polar surface area (TPSA) is 62.2 Å². The summed E-state index contributed by atoms with van der Waals surface area (Å²) in [6.07, 6.45) is 2.92. The lowest BCUT2D eigenvalue weighted by Gasteiger charge is -2.07. The molecular formula is C16H13FN2O2. The fraction of sp³-hybridized carbons (Fsp3) is 0.125. The molecule has 1 aromatic carbocycles. The Balaban J connectivity index is 2.12. The van der Waals surface area contributed by atoms with Crippen LogP contribution < -0.4 is 5.32 Å². The number of nitrogens with zero attached hydrogens (tertiary/aromatic N) is 1. The standard InChI is InChI=1S/C16H13FN2O2/c17-15-6-2-1-4-13(15)11-19-16(21)14-7-8-18-10-12(14)5-3-9-20/h1-2,4,6-8,10,20H,9,11H2,(H,19,21). The van der Waals surface area contributed by atoms with Crippen molar-refractivity contribution in [3.63, 3.8) is 0 Å². The summed E-state index contributed by atoms with van der Waals surface area (Å²) in [5, 5.41) is 11.3. The first-order chi connectivity index (χ1) is 10.2. The second-order valence-corrected chi connectivity index (χ2v) is 4.16. The van der Waals surface area contributed by atoms with Gasteiger partial charge in [-0.05, 0) is 12.1 Å². The van der Waals surface area contributed by atoms with Gasteiger partial charge in [0.1, 0.15) is 12.4 Å². The number of aliphatic hydroxyl groups is 1. The van der Waals surface area contributed by atoms with Gasteiger partial charge in [-0.15, -0.1) is 0 Å². The Morgan fingerprint density at radius 2 is 2.14 bits per heavy atom. The van der Waals surface area contributed by atoms with Crippen molar-refractivity contribution < 1.29 is 14.3 Å². The summed E-state index contributed by atoms with van der Waals surface area (Å²) in [6.45, 7) is -0.216. The summed E-state index contributed by atoms with van der Waals surface area (Å²) in [7, 11) is 0. The van der Waals surface area contributed by atoms with E-state index in [0.717, 1.165) is 0 Å². The highest BCUT2D eigenvalue weighted by atomic mass is 19.1. The van der Waals surface area contributed by atoms with Gasteiger partial charge in [-0.3, -0.25) is 9.78 Å². The summed E-state index contributed by atoms with van der Waals surface area (Å²) >= 11 is 0. The zero-order valence-electron chi connectivity index (χ0n) is 11.1. The number of rotatable bonds is 3. The van der Waals surface area contributed by atoms with Crippen LogP contribution in [0.3, 0.4) is 0 Å². The van der Waals surface area contributed by atoms with E-state index < -0.39 is 0 Å². The highest BCUT2D eigenvalue weighted by Crippen LogP contribution is 2.08. The number of carbonyl (C=O) groups is 1. The van der Waals surface area contributed by atoms with E-state index >= 15 is 0 Å². The number of amides is 1. The molecule has 0 fully saturated rings. The summed E-state index contributed by atoms with van der Waals surface area (Å²) in [4.78, 5) is 16.0. The van der Waals surface area contributed by atoms with Crippen LogP contribution in [0.25, 0.3) is 0 Å². The van der Waals surface area contributed by atoms with Gasteiger partial charge in [-0.25, -0.2) is 4.39 Å². The Hall–Kier alpha value is -2.71. The van der Waals surface area contributed by atoms with E-state index in [2.05, 4.69) is 22.1 Å². The Kier molecular flexibility index (Phi) is 5.02. The monoisotopic (exact) mass is 284 g/mol. The lowest BCUT2D eigenvalue weighted by molar-refractivity contribution is 0.0950. The average molecular weight is 284 g/mol. The number of nitrogens with one attached hydrogen (secondary N) is 1. The molecule has 0 aliphatic rings. The molecule has 2 N–H and O–H groups in total. The second kappa shape index (κ2) is 7.17. The average Bonchev–Trinajstić information content (AvgIpc) is 2.52. The van der Waals surface area contributed by atoms with E-state index in [4.69, 9.17) is 5.11 Å². The zero-order valence-corrected chi connectivity index (χ0v) is 11.1. The Morgan fingerprint density at radius 3 is 2.90 bits per heavy atom. The van der Waals surface area contributed by atoms with Crippen molar-refractivity contribution in [3.8, 4) is 11.8 Å². The minimum absolute atomic E-state index is 0.0840. The molecule has 4 nitrogen and oxygen atoms in total. The number of carbonyl (C=O) groups excluding carboxylic acids is 1. The maximum Gasteiger partial charge on any atom is 0.252 e. The predicted octanol–water partition coefficient (Wildman–Crippen LogP) is 1.49. The highest BCUT2D eigenvalue weighted by molar-refractivity contribution is 5.96. The summed E-state index contributed by atoms with van der Waals surface area (Å²) in [5.74, 6) is 4.38.